The van der Waals surface area contributed by atoms with Crippen molar-refractivity contribution in [3.05, 3.63) is 87.4 Å². The third kappa shape index (κ3) is 6.83. The number of rotatable bonds is 7. The first-order chi connectivity index (χ1) is 21.7. The number of hydrogen-bond donors (Lipinski definition) is 1. The van der Waals surface area contributed by atoms with Crippen LogP contribution in [0.2, 0.25) is 5.02 Å². The first-order valence-electron chi connectivity index (χ1n) is 14.1. The fourth-order valence-electron chi connectivity index (χ4n) is 5.55. The second-order valence-electron chi connectivity index (χ2n) is 10.5. The highest BCUT2D eigenvalue weighted by atomic mass is 35.5. The Morgan fingerprint density at radius 3 is 2.44 bits per heavy atom. The molecule has 2 unspecified atom stereocenters. The van der Waals surface area contributed by atoms with Crippen LogP contribution < -0.4 is 15.1 Å². The van der Waals surface area contributed by atoms with Gasteiger partial charge in [0.1, 0.15) is 11.4 Å². The van der Waals surface area contributed by atoms with Crippen molar-refractivity contribution in [1.82, 2.24) is 35.1 Å². The average Bonchev–Trinajstić information content (AvgIpc) is 3.74. The second-order valence-corrected chi connectivity index (χ2v) is 11.9. The van der Waals surface area contributed by atoms with Crippen molar-refractivity contribution in [3.63, 3.8) is 0 Å². The minimum atomic E-state index is -4.58. The van der Waals surface area contributed by atoms with Gasteiger partial charge in [0.05, 0.1) is 18.3 Å². The molecule has 2 aliphatic rings. The maximum absolute atomic E-state index is 13.4. The Balaban J connectivity index is 1.12. The third-order valence-electron chi connectivity index (χ3n) is 7.74. The van der Waals surface area contributed by atoms with Gasteiger partial charge in [-0.3, -0.25) is 14.6 Å². The molecule has 11 nitrogen and oxygen atoms in total. The van der Waals surface area contributed by atoms with Gasteiger partial charge in [0, 0.05) is 67.1 Å². The molecule has 4 aromatic rings. The molecule has 0 radical (unpaired) electrons. The maximum atomic E-state index is 13.4. The number of thiophene rings is 1. The number of anilines is 2. The van der Waals surface area contributed by atoms with Crippen LogP contribution in [0.1, 0.15) is 45.1 Å². The van der Waals surface area contributed by atoms with E-state index in [1.807, 2.05) is 33.4 Å². The van der Waals surface area contributed by atoms with E-state index in [1.54, 1.807) is 17.2 Å². The summed E-state index contributed by atoms with van der Waals surface area (Å²) in [6.07, 6.45) is 0.307. The molecule has 16 heteroatoms. The van der Waals surface area contributed by atoms with Gasteiger partial charge in [-0.15, -0.1) is 11.3 Å². The number of amides is 2. The number of nitrogens with zero attached hydrogens (tertiary/aromatic N) is 8. The summed E-state index contributed by atoms with van der Waals surface area (Å²) >= 11 is 7.43. The molecule has 0 aliphatic carbocycles. The van der Waals surface area contributed by atoms with E-state index >= 15 is 0 Å². The topological polar surface area (TPSA) is 120 Å². The van der Waals surface area contributed by atoms with Crippen LogP contribution in [0.3, 0.4) is 0 Å². The number of pyridine rings is 1. The minimum Gasteiger partial charge on any atom is -0.342 e. The number of halogens is 4. The molecule has 2 saturated heterocycles. The van der Waals surface area contributed by atoms with Crippen LogP contribution in [0.25, 0.3) is 0 Å². The Hall–Kier alpha value is -4.37. The number of nitrogens with one attached hydrogen (secondary N) is 1. The van der Waals surface area contributed by atoms with E-state index in [1.165, 1.54) is 23.6 Å². The number of aromatic nitrogens is 5. The maximum Gasteiger partial charge on any atom is 0.433 e. The van der Waals surface area contributed by atoms with Crippen LogP contribution in [-0.4, -0.2) is 80.9 Å². The van der Waals surface area contributed by atoms with Gasteiger partial charge in [-0.1, -0.05) is 17.7 Å². The number of carbonyl (C=O) groups is 2. The second kappa shape index (κ2) is 12.9. The zero-order valence-electron chi connectivity index (χ0n) is 23.7. The largest absolute Gasteiger partial charge is 0.433 e. The van der Waals surface area contributed by atoms with Gasteiger partial charge in [0.15, 0.2) is 0 Å². The van der Waals surface area contributed by atoms with E-state index < -0.39 is 17.8 Å². The summed E-state index contributed by atoms with van der Waals surface area (Å²) < 4.78 is 40.3. The normalized spacial score (nSPS) is 18.7. The Morgan fingerprint density at radius 2 is 1.71 bits per heavy atom. The van der Waals surface area contributed by atoms with Gasteiger partial charge in [-0.05, 0) is 42.1 Å². The van der Waals surface area contributed by atoms with Crippen molar-refractivity contribution < 1.29 is 22.8 Å². The van der Waals surface area contributed by atoms with Gasteiger partial charge in [-0.2, -0.15) is 13.2 Å². The van der Waals surface area contributed by atoms with Gasteiger partial charge in [0.25, 0.3) is 5.91 Å². The smallest absolute Gasteiger partial charge is 0.342 e. The molecular weight excluding hydrogens is 631 g/mol. The quantitative estimate of drug-likeness (QED) is 0.312. The van der Waals surface area contributed by atoms with Crippen molar-refractivity contribution in [3.8, 4) is 0 Å². The van der Waals surface area contributed by atoms with Crippen LogP contribution in [0.5, 0.6) is 0 Å². The molecule has 1 N–H and O–H groups in total. The first kappa shape index (κ1) is 30.6. The summed E-state index contributed by atoms with van der Waals surface area (Å²) in [5, 5.41) is 4.90. The number of alkyl halides is 3. The Labute approximate surface area is 265 Å². The lowest BCUT2D eigenvalue weighted by molar-refractivity contribution is -0.141. The number of carbonyl (C=O) groups excluding carboxylic acids is 2. The lowest BCUT2D eigenvalue weighted by Gasteiger charge is -2.35. The molecule has 0 spiro atoms. The average molecular weight is 658 g/mol. The summed E-state index contributed by atoms with van der Waals surface area (Å²) in [4.78, 5) is 53.0. The van der Waals surface area contributed by atoms with Crippen molar-refractivity contribution >= 4 is 46.6 Å². The van der Waals surface area contributed by atoms with Crippen LogP contribution in [0, 0.1) is 0 Å². The van der Waals surface area contributed by atoms with Gasteiger partial charge in [0.2, 0.25) is 17.8 Å². The molecule has 4 aromatic heterocycles. The Bertz CT molecular complexity index is 1670. The molecular formula is C29H27ClF3N9O2S. The van der Waals surface area contributed by atoms with Crippen molar-refractivity contribution in [2.75, 3.05) is 49.1 Å². The molecule has 234 valence electrons. The van der Waals surface area contributed by atoms with Crippen LogP contribution >= 0.6 is 22.9 Å². The third-order valence-corrected chi connectivity index (χ3v) is 8.92. The van der Waals surface area contributed by atoms with Gasteiger partial charge in [-0.25, -0.2) is 19.9 Å². The Morgan fingerprint density at radius 1 is 0.956 bits per heavy atom. The lowest BCUT2D eigenvalue weighted by atomic mass is 9.95. The van der Waals surface area contributed by atoms with Crippen molar-refractivity contribution in [2.24, 2.45) is 0 Å². The number of piperazine rings is 1. The molecule has 2 amide bonds. The van der Waals surface area contributed by atoms with E-state index in [2.05, 4.69) is 25.3 Å². The Kier molecular flexibility index (Phi) is 8.81. The van der Waals surface area contributed by atoms with Gasteiger partial charge >= 0.3 is 6.18 Å². The fraction of sp³-hybridized carbons (Fsp3) is 0.345. The minimum absolute atomic E-state index is 0.0285. The van der Waals surface area contributed by atoms with E-state index in [0.29, 0.717) is 50.1 Å². The van der Waals surface area contributed by atoms with Crippen LogP contribution in [-0.2, 0) is 11.0 Å². The molecule has 2 atom stereocenters. The van der Waals surface area contributed by atoms with Crippen molar-refractivity contribution in [2.45, 2.75) is 24.6 Å². The zero-order valence-corrected chi connectivity index (χ0v) is 25.3. The molecule has 2 fully saturated rings. The van der Waals surface area contributed by atoms with E-state index in [9.17, 15) is 22.8 Å². The number of hydrogen-bond acceptors (Lipinski definition) is 10. The van der Waals surface area contributed by atoms with E-state index in [0.717, 1.165) is 22.8 Å². The molecule has 6 rings (SSSR count). The summed E-state index contributed by atoms with van der Waals surface area (Å²) in [6.45, 7) is 2.10. The first-order valence-corrected chi connectivity index (χ1v) is 15.4. The highest BCUT2D eigenvalue weighted by Crippen LogP contribution is 2.46. The predicted octanol–water partition coefficient (Wildman–Crippen LogP) is 4.21. The standard InChI is InChI=1S/C29H27ClF3N9O2S/c30-18-3-7-34-21(16-18)26(44)37-17-24(43)40-11-13-41(14-12-40)27-35-8-4-20(38-27)19-6-10-42(25(19)22-2-1-15-45-22)28-36-9-5-23(39-28)29(31,32)33/h1-5,7-9,15-16,19,25H,6,10-14,17H2,(H,37,44). The predicted molar refractivity (Wildman–Crippen MR) is 161 cm³/mol. The van der Waals surface area contributed by atoms with Crippen molar-refractivity contribution in [1.29, 1.82) is 0 Å². The van der Waals surface area contributed by atoms with Crippen LogP contribution in [0.4, 0.5) is 25.1 Å². The molecule has 0 saturated carbocycles. The summed E-state index contributed by atoms with van der Waals surface area (Å²) in [5.41, 5.74) is -0.0850. The summed E-state index contributed by atoms with van der Waals surface area (Å²) in [7, 11) is 0. The van der Waals surface area contributed by atoms with Gasteiger partial charge < -0.3 is 20.0 Å². The van der Waals surface area contributed by atoms with E-state index in [-0.39, 0.29) is 36.1 Å². The highest BCUT2D eigenvalue weighted by Gasteiger charge is 2.41. The summed E-state index contributed by atoms with van der Waals surface area (Å²) in [6, 6.07) is 9.26. The lowest BCUT2D eigenvalue weighted by Crippen LogP contribution is -2.51. The zero-order chi connectivity index (χ0) is 31.6. The highest BCUT2D eigenvalue weighted by molar-refractivity contribution is 7.10. The molecule has 2 aliphatic heterocycles. The molecule has 6 heterocycles. The fourth-order valence-corrected chi connectivity index (χ4v) is 6.61. The molecule has 0 aromatic carbocycles. The van der Waals surface area contributed by atoms with Crippen LogP contribution in [0.15, 0.2) is 60.4 Å². The SMILES string of the molecule is O=C(NCC(=O)N1CCN(c2nccc(C3CCN(c4nccc(C(F)(F)F)n4)C3c3cccs3)n2)CC1)c1cc(Cl)ccn1. The monoisotopic (exact) mass is 657 g/mol. The molecule has 0 bridgehead atoms. The summed E-state index contributed by atoms with van der Waals surface area (Å²) in [5.74, 6) is -0.301. The molecule has 45 heavy (non-hydrogen) atoms. The van der Waals surface area contributed by atoms with E-state index in [4.69, 9.17) is 16.6 Å².